The van der Waals surface area contributed by atoms with Gasteiger partial charge in [0.25, 0.3) is 5.56 Å². The van der Waals surface area contributed by atoms with Crippen molar-refractivity contribution in [1.82, 2.24) is 24.3 Å². The molecule has 230 valence electrons. The van der Waals surface area contributed by atoms with E-state index in [0.717, 1.165) is 26.1 Å². The van der Waals surface area contributed by atoms with Gasteiger partial charge in [0.05, 0.1) is 49.1 Å². The van der Waals surface area contributed by atoms with E-state index in [-0.39, 0.29) is 46.3 Å². The molecule has 0 atom stereocenters. The molecular weight excluding hydrogens is 595 g/mol. The van der Waals surface area contributed by atoms with Crippen LogP contribution in [0.2, 0.25) is 10.0 Å². The van der Waals surface area contributed by atoms with Crippen LogP contribution in [-0.2, 0) is 16.1 Å². The molecule has 1 amide bonds. The highest BCUT2D eigenvalue weighted by Gasteiger charge is 2.30. The third kappa shape index (κ3) is 6.75. The molecule has 5 rings (SSSR count). The van der Waals surface area contributed by atoms with E-state index in [1.165, 1.54) is 33.1 Å². The smallest absolute Gasteiger partial charge is 0.260 e. The van der Waals surface area contributed by atoms with Gasteiger partial charge in [0.1, 0.15) is 17.1 Å². The average Bonchev–Trinajstić information content (AvgIpc) is 3.51. The van der Waals surface area contributed by atoms with Gasteiger partial charge in [0, 0.05) is 42.8 Å². The predicted octanol–water partition coefficient (Wildman–Crippen LogP) is 4.09. The normalized spacial score (nSPS) is 15.5. The molecule has 2 saturated heterocycles. The first-order valence-electron chi connectivity index (χ1n) is 14.3. The molecule has 1 aromatic carbocycles. The molecule has 0 bridgehead atoms. The quantitative estimate of drug-likeness (QED) is 0.220. The number of aromatic nitrogens is 3. The summed E-state index contributed by atoms with van der Waals surface area (Å²) in [5.74, 6) is 0.947. The fourth-order valence-corrected chi connectivity index (χ4v) is 6.13. The van der Waals surface area contributed by atoms with Crippen molar-refractivity contribution in [3.8, 4) is 22.6 Å². The Hall–Kier alpha value is -3.38. The number of nitrogens with one attached hydrogen (secondary N) is 1. The van der Waals surface area contributed by atoms with E-state index >= 15 is 0 Å². The molecule has 0 radical (unpaired) electrons. The number of hydrogen-bond donors (Lipinski definition) is 1. The summed E-state index contributed by atoms with van der Waals surface area (Å²) in [4.78, 5) is 39.2. The Morgan fingerprint density at radius 2 is 1.81 bits per heavy atom. The molecule has 0 unspecified atom stereocenters. The number of likely N-dealkylation sites (tertiary alicyclic amines) is 2. The van der Waals surface area contributed by atoms with Crippen LogP contribution in [0.3, 0.4) is 0 Å². The van der Waals surface area contributed by atoms with Gasteiger partial charge in [-0.3, -0.25) is 14.2 Å². The van der Waals surface area contributed by atoms with Gasteiger partial charge < -0.3 is 29.3 Å². The lowest BCUT2D eigenvalue weighted by molar-refractivity contribution is -0.139. The Morgan fingerprint density at radius 1 is 1.12 bits per heavy atom. The third-order valence-corrected chi connectivity index (χ3v) is 8.56. The van der Waals surface area contributed by atoms with E-state index in [4.69, 9.17) is 42.4 Å². The second-order valence-corrected chi connectivity index (χ2v) is 11.3. The monoisotopic (exact) mass is 630 g/mol. The van der Waals surface area contributed by atoms with Crippen molar-refractivity contribution >= 4 is 46.1 Å². The van der Waals surface area contributed by atoms with Crippen molar-refractivity contribution in [2.24, 2.45) is 0 Å². The van der Waals surface area contributed by atoms with Crippen LogP contribution in [0.4, 0.5) is 5.95 Å². The maximum atomic E-state index is 14.1. The van der Waals surface area contributed by atoms with Gasteiger partial charge in [0.15, 0.2) is 0 Å². The maximum absolute atomic E-state index is 14.1. The predicted molar refractivity (Wildman–Crippen MR) is 168 cm³/mol. The summed E-state index contributed by atoms with van der Waals surface area (Å²) in [6.07, 6.45) is 6.32. The van der Waals surface area contributed by atoms with Crippen molar-refractivity contribution in [2.45, 2.75) is 31.9 Å². The number of hydrogen-bond acceptors (Lipinski definition) is 9. The molecule has 2 aliphatic heterocycles. The van der Waals surface area contributed by atoms with Gasteiger partial charge in [0.2, 0.25) is 11.9 Å². The lowest BCUT2D eigenvalue weighted by Gasteiger charge is -2.38. The summed E-state index contributed by atoms with van der Waals surface area (Å²) in [5.41, 5.74) is 0.642. The third-order valence-electron chi connectivity index (χ3n) is 7.81. The Bertz CT molecular complexity index is 1520. The molecule has 2 aliphatic rings. The summed E-state index contributed by atoms with van der Waals surface area (Å²) in [6.45, 7) is 8.94. The number of fused-ring (bicyclic) bond motifs is 1. The van der Waals surface area contributed by atoms with Crippen molar-refractivity contribution < 1.29 is 19.0 Å². The van der Waals surface area contributed by atoms with Crippen LogP contribution in [0.1, 0.15) is 19.3 Å². The number of ether oxygens (including phenoxy) is 3. The van der Waals surface area contributed by atoms with Crippen LogP contribution in [0, 0.1) is 0 Å². The maximum Gasteiger partial charge on any atom is 0.260 e. The number of nitrogens with zero attached hydrogens (tertiary/aromatic N) is 5. The zero-order chi connectivity index (χ0) is 30.5. The van der Waals surface area contributed by atoms with Crippen LogP contribution in [-0.4, -0.2) is 96.4 Å². The van der Waals surface area contributed by atoms with E-state index in [1.54, 1.807) is 27.8 Å². The lowest BCUT2D eigenvalue weighted by atomic mass is 10.0. The minimum absolute atomic E-state index is 0.122. The number of rotatable bonds is 13. The minimum Gasteiger partial charge on any atom is -0.495 e. The summed E-state index contributed by atoms with van der Waals surface area (Å²) in [5, 5.41) is 4.29. The van der Waals surface area contributed by atoms with Gasteiger partial charge in [-0.05, 0) is 51.0 Å². The van der Waals surface area contributed by atoms with Crippen molar-refractivity contribution in [2.75, 3.05) is 65.4 Å². The largest absolute Gasteiger partial charge is 0.495 e. The van der Waals surface area contributed by atoms with Gasteiger partial charge >= 0.3 is 0 Å². The highest BCUT2D eigenvalue weighted by molar-refractivity contribution is 6.41. The molecule has 43 heavy (non-hydrogen) atoms. The fraction of sp³-hybridized carbons (Fsp3) is 0.467. The molecule has 13 heteroatoms. The zero-order valence-corrected chi connectivity index (χ0v) is 25.9. The molecule has 1 N–H and O–H groups in total. The van der Waals surface area contributed by atoms with Crippen molar-refractivity contribution in [1.29, 1.82) is 0 Å². The summed E-state index contributed by atoms with van der Waals surface area (Å²) in [6, 6.07) is 3.26. The highest BCUT2D eigenvalue weighted by Crippen LogP contribution is 2.45. The second-order valence-electron chi connectivity index (χ2n) is 10.5. The van der Waals surface area contributed by atoms with Crippen LogP contribution in [0.5, 0.6) is 11.5 Å². The van der Waals surface area contributed by atoms with E-state index in [1.807, 2.05) is 0 Å². The van der Waals surface area contributed by atoms with Crippen molar-refractivity contribution in [3.05, 3.63) is 51.4 Å². The first-order valence-corrected chi connectivity index (χ1v) is 15.1. The number of anilines is 1. The van der Waals surface area contributed by atoms with E-state index in [0.29, 0.717) is 53.7 Å². The Labute approximate surface area is 260 Å². The number of pyridine rings is 1. The molecular formula is C30H36Cl2N6O5. The molecule has 0 spiro atoms. The number of amides is 1. The Kier molecular flexibility index (Phi) is 10.1. The molecule has 2 aromatic heterocycles. The van der Waals surface area contributed by atoms with E-state index < -0.39 is 0 Å². The van der Waals surface area contributed by atoms with Crippen LogP contribution in [0.15, 0.2) is 35.8 Å². The van der Waals surface area contributed by atoms with Crippen LogP contribution < -0.4 is 20.3 Å². The molecule has 0 saturated carbocycles. The van der Waals surface area contributed by atoms with E-state index in [9.17, 15) is 9.59 Å². The fourth-order valence-electron chi connectivity index (χ4n) is 5.43. The van der Waals surface area contributed by atoms with E-state index in [2.05, 4.69) is 21.8 Å². The van der Waals surface area contributed by atoms with Gasteiger partial charge in [-0.15, -0.1) is 0 Å². The molecule has 3 aromatic rings. The Balaban J connectivity index is 1.45. The molecule has 0 aliphatic carbocycles. The number of carbonyl (C=O) groups is 1. The van der Waals surface area contributed by atoms with Gasteiger partial charge in [-0.2, -0.15) is 4.98 Å². The van der Waals surface area contributed by atoms with Crippen LogP contribution >= 0.6 is 23.2 Å². The summed E-state index contributed by atoms with van der Waals surface area (Å²) < 4.78 is 18.4. The number of methoxy groups -OCH3 is 2. The minimum atomic E-state index is -0.356. The first-order chi connectivity index (χ1) is 20.8. The topological polar surface area (TPSA) is 111 Å². The number of carbonyl (C=O) groups excluding carboxylic acids is 1. The molecule has 2 fully saturated rings. The standard InChI is InChI=1S/C30H36Cl2N6O5/c1-4-24(39)37-17-20(18-37)43-13-12-38-28-19(16-34-30(35-28)33-8-7-11-36-9-5-6-10-36)14-21(29(38)40)25-26(31)22(41-2)15-23(42-3)27(25)32/h4,14-16,20H,1,5-13,17-18H2,2-3H3,(H,33,34,35). The molecule has 11 nitrogen and oxygen atoms in total. The van der Waals surface area contributed by atoms with Crippen LogP contribution in [0.25, 0.3) is 22.2 Å². The van der Waals surface area contributed by atoms with Crippen molar-refractivity contribution in [3.63, 3.8) is 0 Å². The lowest BCUT2D eigenvalue weighted by Crippen LogP contribution is -2.54. The number of benzene rings is 1. The van der Waals surface area contributed by atoms with Gasteiger partial charge in [-0.1, -0.05) is 29.8 Å². The molecule has 4 heterocycles. The summed E-state index contributed by atoms with van der Waals surface area (Å²) in [7, 11) is 2.96. The second kappa shape index (κ2) is 13.9. The number of halogens is 2. The van der Waals surface area contributed by atoms with Gasteiger partial charge in [-0.25, -0.2) is 4.98 Å². The Morgan fingerprint density at radius 3 is 2.47 bits per heavy atom. The summed E-state index contributed by atoms with van der Waals surface area (Å²) >= 11 is 13.4. The SMILES string of the molecule is C=CC(=O)N1CC(OCCn2c(=O)c(-c3c(Cl)c(OC)cc(OC)c3Cl)cc3cnc(NCCCN4CCCC4)nc32)C1. The highest BCUT2D eigenvalue weighted by atomic mass is 35.5. The first kappa shape index (κ1) is 31.1. The average molecular weight is 632 g/mol. The zero-order valence-electron chi connectivity index (χ0n) is 24.4.